The van der Waals surface area contributed by atoms with Gasteiger partial charge in [-0.15, -0.1) is 0 Å². The van der Waals surface area contributed by atoms with Gasteiger partial charge in [-0.3, -0.25) is 0 Å². The van der Waals surface area contributed by atoms with Crippen molar-refractivity contribution in [2.45, 2.75) is 32.4 Å². The molecule has 4 heteroatoms. The molecule has 0 bridgehead atoms. The van der Waals surface area contributed by atoms with Gasteiger partial charge in [-0.25, -0.2) is 0 Å². The molecule has 90 valence electrons. The number of hydrogen-bond acceptors (Lipinski definition) is 2. The first-order chi connectivity index (χ1) is 7.29. The quantitative estimate of drug-likeness (QED) is 0.868. The van der Waals surface area contributed by atoms with Gasteiger partial charge in [-0.2, -0.15) is 0 Å². The smallest absolute Gasteiger partial charge is 0.0715 e. The number of rotatable bonds is 4. The van der Waals surface area contributed by atoms with Crippen LogP contribution in [-0.2, 0) is 0 Å². The Kier molecular flexibility index (Phi) is 4.98. The van der Waals surface area contributed by atoms with Crippen LogP contribution in [0.25, 0.3) is 0 Å². The maximum Gasteiger partial charge on any atom is 0.0715 e. The van der Waals surface area contributed by atoms with Gasteiger partial charge in [0, 0.05) is 21.5 Å². The molecule has 0 aliphatic rings. The third-order valence-corrected chi connectivity index (χ3v) is 3.45. The number of nitrogens with one attached hydrogen (secondary N) is 1. The average molecular weight is 351 g/mol. The van der Waals surface area contributed by atoms with E-state index in [0.29, 0.717) is 6.54 Å². The molecule has 1 atom stereocenters. The fourth-order valence-corrected chi connectivity index (χ4v) is 2.76. The molecule has 0 aromatic heterocycles. The van der Waals surface area contributed by atoms with Crippen molar-refractivity contribution in [1.82, 2.24) is 5.32 Å². The Morgan fingerprint density at radius 1 is 1.38 bits per heavy atom. The number of benzene rings is 1. The summed E-state index contributed by atoms with van der Waals surface area (Å²) in [6.07, 6.45) is 0. The Hall–Kier alpha value is 0.1000. The van der Waals surface area contributed by atoms with Crippen LogP contribution < -0.4 is 5.32 Å². The van der Waals surface area contributed by atoms with Crippen LogP contribution in [-0.4, -0.2) is 17.3 Å². The van der Waals surface area contributed by atoms with Crippen molar-refractivity contribution < 1.29 is 5.11 Å². The predicted octanol–water partition coefficient (Wildman–Crippen LogP) is 3.63. The molecule has 2 nitrogen and oxygen atoms in total. The first-order valence-corrected chi connectivity index (χ1v) is 6.79. The van der Waals surface area contributed by atoms with Crippen molar-refractivity contribution in [3.8, 4) is 0 Å². The lowest BCUT2D eigenvalue weighted by Crippen LogP contribution is -2.36. The summed E-state index contributed by atoms with van der Waals surface area (Å²) in [6.45, 7) is 6.24. The van der Waals surface area contributed by atoms with Crippen molar-refractivity contribution in [2.24, 2.45) is 0 Å². The highest BCUT2D eigenvalue weighted by Crippen LogP contribution is 2.26. The predicted molar refractivity (Wildman–Crippen MR) is 74.6 cm³/mol. The highest BCUT2D eigenvalue weighted by Gasteiger charge is 2.15. The Morgan fingerprint density at radius 2 is 2.00 bits per heavy atom. The van der Waals surface area contributed by atoms with Gasteiger partial charge in [0.25, 0.3) is 0 Å². The van der Waals surface area contributed by atoms with E-state index in [4.69, 9.17) is 0 Å². The maximum absolute atomic E-state index is 9.65. The molecule has 0 saturated carbocycles. The Bertz CT molecular complexity index is 361. The third-order valence-electron chi connectivity index (χ3n) is 2.27. The molecule has 1 aromatic carbocycles. The van der Waals surface area contributed by atoms with E-state index in [1.807, 2.05) is 12.1 Å². The van der Waals surface area contributed by atoms with E-state index in [9.17, 15) is 5.11 Å². The van der Waals surface area contributed by atoms with Crippen LogP contribution >= 0.6 is 31.9 Å². The Balaban J connectivity index is 2.70. The fraction of sp³-hybridized carbons (Fsp3) is 0.500. The molecule has 1 unspecified atom stereocenters. The first kappa shape index (κ1) is 14.2. The normalized spacial score (nSPS) is 13.9. The highest BCUT2D eigenvalue weighted by atomic mass is 79.9. The molecule has 0 fully saturated rings. The Morgan fingerprint density at radius 3 is 2.50 bits per heavy atom. The molecule has 1 rings (SSSR count). The molecule has 0 radical (unpaired) electrons. The summed E-state index contributed by atoms with van der Waals surface area (Å²) in [6, 6.07) is 6.31. The molecule has 1 aromatic rings. The van der Waals surface area contributed by atoms with Gasteiger partial charge in [-0.1, -0.05) is 37.9 Å². The van der Waals surface area contributed by atoms with Crippen molar-refractivity contribution in [3.63, 3.8) is 0 Å². The topological polar surface area (TPSA) is 32.3 Å². The minimum Gasteiger partial charge on any atom is -0.389 e. The zero-order valence-corrected chi connectivity index (χ0v) is 12.9. The minimum atomic E-state index is -0.684. The molecule has 0 saturated heterocycles. The molecule has 0 aliphatic carbocycles. The standard InChI is InChI=1S/C12H17Br2NO/c1-8(15-7-12(2,3)16)10-5-4-9(13)6-11(10)14/h4-6,8,15-16H,7H2,1-3H3. The van der Waals surface area contributed by atoms with Crippen molar-refractivity contribution in [3.05, 3.63) is 32.7 Å². The second-order valence-corrected chi connectivity index (χ2v) is 6.35. The summed E-state index contributed by atoms with van der Waals surface area (Å²) in [5.74, 6) is 0. The molecular weight excluding hydrogens is 334 g/mol. The van der Waals surface area contributed by atoms with Gasteiger partial charge in [-0.05, 0) is 38.5 Å². The highest BCUT2D eigenvalue weighted by molar-refractivity contribution is 9.11. The summed E-state index contributed by atoms with van der Waals surface area (Å²) in [4.78, 5) is 0. The van der Waals surface area contributed by atoms with E-state index in [-0.39, 0.29) is 6.04 Å². The van der Waals surface area contributed by atoms with Gasteiger partial charge in [0.1, 0.15) is 0 Å². The zero-order valence-electron chi connectivity index (χ0n) is 9.72. The van der Waals surface area contributed by atoms with Crippen LogP contribution in [0.3, 0.4) is 0 Å². The first-order valence-electron chi connectivity index (χ1n) is 5.20. The van der Waals surface area contributed by atoms with Crippen LogP contribution in [0, 0.1) is 0 Å². The van der Waals surface area contributed by atoms with E-state index in [0.717, 1.165) is 8.95 Å². The summed E-state index contributed by atoms with van der Waals surface area (Å²) in [5, 5.41) is 12.9. The second-order valence-electron chi connectivity index (χ2n) is 4.58. The summed E-state index contributed by atoms with van der Waals surface area (Å²) in [7, 11) is 0. The zero-order chi connectivity index (χ0) is 12.3. The van der Waals surface area contributed by atoms with Crippen LogP contribution in [0.5, 0.6) is 0 Å². The van der Waals surface area contributed by atoms with Crippen LogP contribution in [0.2, 0.25) is 0 Å². The summed E-state index contributed by atoms with van der Waals surface area (Å²) < 4.78 is 2.12. The van der Waals surface area contributed by atoms with Gasteiger partial charge in [0.15, 0.2) is 0 Å². The van der Waals surface area contributed by atoms with Crippen LogP contribution in [0.1, 0.15) is 32.4 Å². The third kappa shape index (κ3) is 4.53. The van der Waals surface area contributed by atoms with E-state index in [1.54, 1.807) is 13.8 Å². The number of hydrogen-bond donors (Lipinski definition) is 2. The van der Waals surface area contributed by atoms with Gasteiger partial charge >= 0.3 is 0 Å². The molecular formula is C12H17Br2NO. The summed E-state index contributed by atoms with van der Waals surface area (Å²) >= 11 is 6.96. The lowest BCUT2D eigenvalue weighted by atomic mass is 10.1. The van der Waals surface area contributed by atoms with Gasteiger partial charge < -0.3 is 10.4 Å². The molecule has 0 amide bonds. The fourth-order valence-electron chi connectivity index (χ4n) is 1.37. The number of halogens is 2. The van der Waals surface area contributed by atoms with Crippen LogP contribution in [0.4, 0.5) is 0 Å². The molecule has 2 N–H and O–H groups in total. The van der Waals surface area contributed by atoms with Crippen molar-refractivity contribution in [2.75, 3.05) is 6.54 Å². The van der Waals surface area contributed by atoms with E-state index in [1.165, 1.54) is 5.56 Å². The molecule has 0 heterocycles. The van der Waals surface area contributed by atoms with E-state index >= 15 is 0 Å². The lowest BCUT2D eigenvalue weighted by Gasteiger charge is -2.22. The summed E-state index contributed by atoms with van der Waals surface area (Å²) in [5.41, 5.74) is 0.503. The maximum atomic E-state index is 9.65. The van der Waals surface area contributed by atoms with E-state index in [2.05, 4.69) is 50.2 Å². The second kappa shape index (κ2) is 5.63. The van der Waals surface area contributed by atoms with Crippen molar-refractivity contribution in [1.29, 1.82) is 0 Å². The minimum absolute atomic E-state index is 0.203. The number of aliphatic hydroxyl groups is 1. The Labute approximate surface area is 114 Å². The lowest BCUT2D eigenvalue weighted by molar-refractivity contribution is 0.0770. The van der Waals surface area contributed by atoms with Gasteiger partial charge in [0.05, 0.1) is 5.60 Å². The van der Waals surface area contributed by atoms with Crippen molar-refractivity contribution >= 4 is 31.9 Å². The van der Waals surface area contributed by atoms with E-state index < -0.39 is 5.60 Å². The van der Waals surface area contributed by atoms with Crippen LogP contribution in [0.15, 0.2) is 27.1 Å². The van der Waals surface area contributed by atoms with Gasteiger partial charge in [0.2, 0.25) is 0 Å². The molecule has 0 aliphatic heterocycles. The molecule has 16 heavy (non-hydrogen) atoms. The average Bonchev–Trinajstić information content (AvgIpc) is 2.13. The largest absolute Gasteiger partial charge is 0.389 e. The monoisotopic (exact) mass is 349 g/mol. The molecule has 0 spiro atoms. The SMILES string of the molecule is CC(NCC(C)(C)O)c1ccc(Br)cc1Br.